The Bertz CT molecular complexity index is 1360. The van der Waals surface area contributed by atoms with Gasteiger partial charge in [-0.25, -0.2) is 13.8 Å². The zero-order chi connectivity index (χ0) is 22.8. The second-order valence-electron chi connectivity index (χ2n) is 7.10. The number of nitrogens with one attached hydrogen (secondary N) is 1. The fourth-order valence-electron chi connectivity index (χ4n) is 3.21. The van der Waals surface area contributed by atoms with Crippen LogP contribution in [0.5, 0.6) is 0 Å². The number of thioether (sulfide) groups is 1. The van der Waals surface area contributed by atoms with Gasteiger partial charge in [0.2, 0.25) is 5.91 Å². The number of benzene rings is 2. The molecule has 0 unspecified atom stereocenters. The number of anilines is 1. The largest absolute Gasteiger partial charge is 0.323 e. The Hall–Kier alpha value is -3.04. The maximum absolute atomic E-state index is 13.8. The quantitative estimate of drug-likeness (QED) is 0.300. The lowest BCUT2D eigenvalue weighted by Gasteiger charge is -2.11. The van der Waals surface area contributed by atoms with Gasteiger partial charge in [-0.05, 0) is 31.5 Å². The van der Waals surface area contributed by atoms with E-state index in [0.717, 1.165) is 34.5 Å². The Labute approximate surface area is 191 Å². The second-order valence-corrected chi connectivity index (χ2v) is 8.92. The first-order chi connectivity index (χ1) is 15.4. The zero-order valence-electron chi connectivity index (χ0n) is 17.3. The molecule has 2 aromatic heterocycles. The molecule has 0 saturated heterocycles. The molecule has 0 bridgehead atoms. The number of aromatic nitrogens is 2. The van der Waals surface area contributed by atoms with Crippen LogP contribution in [0, 0.1) is 18.6 Å². The van der Waals surface area contributed by atoms with E-state index in [1.54, 1.807) is 0 Å². The van der Waals surface area contributed by atoms with Gasteiger partial charge < -0.3 is 5.32 Å². The van der Waals surface area contributed by atoms with E-state index >= 15 is 0 Å². The summed E-state index contributed by atoms with van der Waals surface area (Å²) in [5.41, 5.74) is 3.30. The normalized spacial score (nSPS) is 11.1. The third-order valence-electron chi connectivity index (χ3n) is 4.86. The topological polar surface area (TPSA) is 64.0 Å². The Balaban J connectivity index is 1.62. The van der Waals surface area contributed by atoms with Gasteiger partial charge in [0.15, 0.2) is 5.16 Å². The van der Waals surface area contributed by atoms with Crippen molar-refractivity contribution in [3.8, 4) is 11.1 Å². The number of hydrogen-bond acceptors (Lipinski definition) is 5. The van der Waals surface area contributed by atoms with Crippen LogP contribution in [0.2, 0.25) is 0 Å². The minimum absolute atomic E-state index is 0.0846. The highest BCUT2D eigenvalue weighted by molar-refractivity contribution is 7.99. The van der Waals surface area contributed by atoms with Crippen molar-refractivity contribution in [1.82, 2.24) is 9.55 Å². The van der Waals surface area contributed by atoms with Crippen LogP contribution in [-0.4, -0.2) is 21.2 Å². The fourth-order valence-corrected chi connectivity index (χ4v) is 5.03. The number of rotatable bonds is 6. The van der Waals surface area contributed by atoms with Crippen LogP contribution in [0.3, 0.4) is 0 Å². The van der Waals surface area contributed by atoms with Crippen LogP contribution in [-0.2, 0) is 11.3 Å². The van der Waals surface area contributed by atoms with E-state index in [-0.39, 0.29) is 17.0 Å². The molecule has 1 amide bonds. The van der Waals surface area contributed by atoms with Gasteiger partial charge in [-0.1, -0.05) is 41.6 Å². The molecule has 0 saturated carbocycles. The summed E-state index contributed by atoms with van der Waals surface area (Å²) in [6.07, 6.45) is 0. The van der Waals surface area contributed by atoms with Crippen molar-refractivity contribution >= 4 is 44.9 Å². The first-order valence-electron chi connectivity index (χ1n) is 9.84. The third kappa shape index (κ3) is 4.44. The molecule has 0 aliphatic rings. The van der Waals surface area contributed by atoms with Crippen LogP contribution >= 0.6 is 23.1 Å². The SMILES string of the molecule is CCn1c(SCC(=O)Nc2ccc(F)cc2F)nc2c(-c3ccc(C)cc3)csc2c1=O. The Morgan fingerprint density at radius 2 is 1.94 bits per heavy atom. The van der Waals surface area contributed by atoms with Crippen LogP contribution < -0.4 is 10.9 Å². The summed E-state index contributed by atoms with van der Waals surface area (Å²) in [4.78, 5) is 30.1. The predicted octanol–water partition coefficient (Wildman–Crippen LogP) is 5.46. The highest BCUT2D eigenvalue weighted by Crippen LogP contribution is 2.32. The van der Waals surface area contributed by atoms with Crippen LogP contribution in [0.25, 0.3) is 21.3 Å². The van der Waals surface area contributed by atoms with Crippen molar-refractivity contribution in [3.05, 3.63) is 75.4 Å². The molecule has 2 heterocycles. The number of thiophene rings is 1. The lowest BCUT2D eigenvalue weighted by molar-refractivity contribution is -0.113. The fraction of sp³-hybridized carbons (Fsp3) is 0.174. The first-order valence-corrected chi connectivity index (χ1v) is 11.7. The summed E-state index contributed by atoms with van der Waals surface area (Å²) < 4.78 is 28.9. The van der Waals surface area contributed by atoms with E-state index in [1.165, 1.54) is 22.0 Å². The number of aryl methyl sites for hydroxylation is 1. The van der Waals surface area contributed by atoms with E-state index in [0.29, 0.717) is 28.0 Å². The molecule has 0 aliphatic heterocycles. The summed E-state index contributed by atoms with van der Waals surface area (Å²) in [6, 6.07) is 10.9. The van der Waals surface area contributed by atoms with Crippen molar-refractivity contribution in [3.63, 3.8) is 0 Å². The Kier molecular flexibility index (Phi) is 6.38. The number of carbonyl (C=O) groups is 1. The van der Waals surface area contributed by atoms with Gasteiger partial charge in [-0.15, -0.1) is 11.3 Å². The number of nitrogens with zero attached hydrogens (tertiary/aromatic N) is 2. The van der Waals surface area contributed by atoms with Gasteiger partial charge in [-0.2, -0.15) is 0 Å². The Morgan fingerprint density at radius 3 is 2.62 bits per heavy atom. The third-order valence-corrected chi connectivity index (χ3v) is 6.79. The number of amides is 1. The highest BCUT2D eigenvalue weighted by atomic mass is 32.2. The molecule has 2 aromatic carbocycles. The van der Waals surface area contributed by atoms with Crippen LogP contribution in [0.15, 0.2) is 57.8 Å². The van der Waals surface area contributed by atoms with Gasteiger partial charge in [0.05, 0.1) is 17.0 Å². The molecule has 9 heteroatoms. The zero-order valence-corrected chi connectivity index (χ0v) is 18.9. The van der Waals surface area contributed by atoms with E-state index in [4.69, 9.17) is 4.98 Å². The smallest absolute Gasteiger partial charge is 0.272 e. The summed E-state index contributed by atoms with van der Waals surface area (Å²) in [6.45, 7) is 4.24. The van der Waals surface area contributed by atoms with Crippen LogP contribution in [0.1, 0.15) is 12.5 Å². The van der Waals surface area contributed by atoms with E-state index in [9.17, 15) is 18.4 Å². The average molecular weight is 472 g/mol. The molecule has 0 atom stereocenters. The van der Waals surface area contributed by atoms with Gasteiger partial charge in [0, 0.05) is 23.6 Å². The van der Waals surface area contributed by atoms with Gasteiger partial charge in [0.1, 0.15) is 16.3 Å². The first kappa shape index (κ1) is 22.2. The van der Waals surface area contributed by atoms with Crippen molar-refractivity contribution in [2.75, 3.05) is 11.1 Å². The molecular formula is C23H19F2N3O2S2. The van der Waals surface area contributed by atoms with Crippen molar-refractivity contribution in [2.45, 2.75) is 25.5 Å². The Morgan fingerprint density at radius 1 is 1.19 bits per heavy atom. The van der Waals surface area contributed by atoms with Gasteiger partial charge >= 0.3 is 0 Å². The molecule has 32 heavy (non-hydrogen) atoms. The molecule has 1 N–H and O–H groups in total. The molecule has 4 aromatic rings. The van der Waals surface area contributed by atoms with E-state index < -0.39 is 17.5 Å². The standard InChI is InChI=1S/C23H19F2N3O2S2/c1-3-28-22(30)21-20(16(11-31-21)14-6-4-13(2)5-7-14)27-23(28)32-12-19(29)26-18-9-8-15(24)10-17(18)25/h4-11H,3,12H2,1-2H3,(H,26,29). The maximum Gasteiger partial charge on any atom is 0.272 e. The number of hydrogen-bond donors (Lipinski definition) is 1. The summed E-state index contributed by atoms with van der Waals surface area (Å²) in [7, 11) is 0. The summed E-state index contributed by atoms with van der Waals surface area (Å²) in [5, 5.41) is 4.75. The molecule has 5 nitrogen and oxygen atoms in total. The molecule has 0 fully saturated rings. The predicted molar refractivity (Wildman–Crippen MR) is 125 cm³/mol. The van der Waals surface area contributed by atoms with E-state index in [2.05, 4.69) is 5.32 Å². The minimum Gasteiger partial charge on any atom is -0.323 e. The van der Waals surface area contributed by atoms with Gasteiger partial charge in [0.25, 0.3) is 5.56 Å². The molecular weight excluding hydrogens is 452 g/mol. The van der Waals surface area contributed by atoms with Crippen LogP contribution in [0.4, 0.5) is 14.5 Å². The minimum atomic E-state index is -0.852. The van der Waals surface area contributed by atoms with Crippen molar-refractivity contribution in [2.24, 2.45) is 0 Å². The molecule has 0 spiro atoms. The van der Waals surface area contributed by atoms with Gasteiger partial charge in [-0.3, -0.25) is 14.2 Å². The van der Waals surface area contributed by atoms with Crippen molar-refractivity contribution < 1.29 is 13.6 Å². The second kappa shape index (κ2) is 9.22. The average Bonchev–Trinajstić information content (AvgIpc) is 3.19. The lowest BCUT2D eigenvalue weighted by Crippen LogP contribution is -2.23. The molecule has 0 aliphatic carbocycles. The monoisotopic (exact) mass is 471 g/mol. The maximum atomic E-state index is 13.8. The van der Waals surface area contributed by atoms with E-state index in [1.807, 2.05) is 43.5 Å². The van der Waals surface area contributed by atoms with Crippen molar-refractivity contribution in [1.29, 1.82) is 0 Å². The summed E-state index contributed by atoms with van der Waals surface area (Å²) >= 11 is 2.44. The number of fused-ring (bicyclic) bond motifs is 1. The molecule has 164 valence electrons. The molecule has 0 radical (unpaired) electrons. The summed E-state index contributed by atoms with van der Waals surface area (Å²) in [5.74, 6) is -2.14. The highest BCUT2D eigenvalue weighted by Gasteiger charge is 2.17. The number of carbonyl (C=O) groups excluding carboxylic acids is 1. The lowest BCUT2D eigenvalue weighted by atomic mass is 10.1. The number of halogens is 2. The molecule has 4 rings (SSSR count).